The fraction of sp³-hybridized carbons (Fsp3) is 1.00. The monoisotopic (exact) mass is 166 g/mol. The molecule has 9 heavy (non-hydrogen) atoms. The van der Waals surface area contributed by atoms with Crippen molar-refractivity contribution in [3.05, 3.63) is 0 Å². The molecule has 1 fully saturated rings. The second-order valence-corrected chi connectivity index (χ2v) is 7.73. The zero-order valence-electron chi connectivity index (χ0n) is 5.67. The quantitative estimate of drug-likeness (QED) is 0.548. The summed E-state index contributed by atoms with van der Waals surface area (Å²) in [4.78, 5) is 9.03. The van der Waals surface area contributed by atoms with Gasteiger partial charge in [-0.05, 0) is 0 Å². The van der Waals surface area contributed by atoms with E-state index < -0.39 is 17.6 Å². The Hall–Kier alpha value is 0.274. The second kappa shape index (κ2) is 1.88. The van der Waals surface area contributed by atoms with Crippen molar-refractivity contribution in [1.29, 1.82) is 0 Å². The largest absolute Gasteiger partial charge is 0.482 e. The van der Waals surface area contributed by atoms with E-state index in [-0.39, 0.29) is 0 Å². The Kier molecular flexibility index (Phi) is 1.54. The summed E-state index contributed by atoms with van der Waals surface area (Å²) in [6.07, 6.45) is 0. The second-order valence-electron chi connectivity index (χ2n) is 2.17. The Labute approximate surface area is 56.1 Å². The molecule has 1 heterocycles. The molecule has 1 aliphatic rings. The van der Waals surface area contributed by atoms with E-state index in [1.54, 1.807) is 13.1 Å². The zero-order chi connectivity index (χ0) is 7.12. The maximum absolute atomic E-state index is 9.03. The topological polar surface area (TPSA) is 47.9 Å². The van der Waals surface area contributed by atoms with Gasteiger partial charge in [-0.1, -0.05) is 0 Å². The molecule has 1 saturated heterocycles. The van der Waals surface area contributed by atoms with E-state index >= 15 is 0 Å². The van der Waals surface area contributed by atoms with Gasteiger partial charge in [0.2, 0.25) is 0 Å². The molecule has 0 spiro atoms. The van der Waals surface area contributed by atoms with Crippen LogP contribution >= 0.6 is 0 Å². The Bertz CT molecular complexity index is 117. The van der Waals surface area contributed by atoms with Crippen LogP contribution in [0.4, 0.5) is 0 Å². The molecule has 0 atom stereocenters. The highest BCUT2D eigenvalue weighted by molar-refractivity contribution is 6.86. The van der Waals surface area contributed by atoms with E-state index in [1.807, 2.05) is 0 Å². The first kappa shape index (κ1) is 7.38. The Morgan fingerprint density at radius 1 is 1.33 bits per heavy atom. The zero-order valence-corrected chi connectivity index (χ0v) is 7.67. The van der Waals surface area contributed by atoms with Gasteiger partial charge in [0.25, 0.3) is 0 Å². The van der Waals surface area contributed by atoms with Crippen molar-refractivity contribution in [1.82, 2.24) is 0 Å². The molecule has 0 aromatic rings. The summed E-state index contributed by atoms with van der Waals surface area (Å²) in [5, 5.41) is 0. The summed E-state index contributed by atoms with van der Waals surface area (Å²) in [6, 6.07) is 0. The first-order valence-corrected chi connectivity index (χ1v) is 7.14. The molecule has 1 aliphatic heterocycles. The molecule has 0 aromatic carbocycles. The molecule has 1 rings (SSSR count). The van der Waals surface area contributed by atoms with Crippen LogP contribution in [0.3, 0.4) is 0 Å². The van der Waals surface area contributed by atoms with Crippen LogP contribution in [0.15, 0.2) is 0 Å². The van der Waals surface area contributed by atoms with Crippen molar-refractivity contribution in [3.8, 4) is 0 Å². The molecule has 4 nitrogen and oxygen atoms in total. The number of hydrogen-bond acceptors (Lipinski definition) is 4. The Morgan fingerprint density at radius 2 is 1.78 bits per heavy atom. The van der Waals surface area contributed by atoms with Crippen LogP contribution in [0, 0.1) is 0 Å². The van der Waals surface area contributed by atoms with Crippen molar-refractivity contribution >= 4 is 17.6 Å². The van der Waals surface area contributed by atoms with E-state index in [1.165, 1.54) is 7.11 Å². The molecule has 0 bridgehead atoms. The van der Waals surface area contributed by atoms with Gasteiger partial charge in [0.15, 0.2) is 0 Å². The van der Waals surface area contributed by atoms with Crippen molar-refractivity contribution < 1.29 is 17.5 Å². The highest BCUT2D eigenvalue weighted by atomic mass is 28.5. The first-order chi connectivity index (χ1) is 3.97. The van der Waals surface area contributed by atoms with E-state index in [0.717, 1.165) is 0 Å². The predicted molar refractivity (Wildman–Crippen MR) is 34.6 cm³/mol. The third-order valence-corrected chi connectivity index (χ3v) is 7.86. The van der Waals surface area contributed by atoms with Crippen molar-refractivity contribution in [3.63, 3.8) is 0 Å². The molecule has 0 radical (unpaired) electrons. The number of rotatable bonds is 1. The standard InChI is InChI=1S/C3H10O4Si2/c1-5-9(3)6-8(2,4)7-9/h4H,1-3H3. The highest BCUT2D eigenvalue weighted by Crippen LogP contribution is 2.28. The smallest absolute Gasteiger partial charge is 0.391 e. The van der Waals surface area contributed by atoms with Crippen LogP contribution in [0.25, 0.3) is 0 Å². The van der Waals surface area contributed by atoms with Gasteiger partial charge in [0, 0.05) is 20.2 Å². The molecule has 0 unspecified atom stereocenters. The SMILES string of the molecule is CO[Si]1(C)O[Si](C)(O)O1. The lowest BCUT2D eigenvalue weighted by Crippen LogP contribution is -2.69. The van der Waals surface area contributed by atoms with Gasteiger partial charge < -0.3 is 17.5 Å². The van der Waals surface area contributed by atoms with E-state index in [9.17, 15) is 0 Å². The van der Waals surface area contributed by atoms with E-state index in [4.69, 9.17) is 17.5 Å². The van der Waals surface area contributed by atoms with Gasteiger partial charge in [-0.25, -0.2) is 0 Å². The Balaban J connectivity index is 2.41. The van der Waals surface area contributed by atoms with Crippen LogP contribution in [-0.4, -0.2) is 29.5 Å². The van der Waals surface area contributed by atoms with Gasteiger partial charge in [0.1, 0.15) is 0 Å². The number of hydrogen-bond donors (Lipinski definition) is 1. The lowest BCUT2D eigenvalue weighted by Gasteiger charge is -2.43. The van der Waals surface area contributed by atoms with Gasteiger partial charge in [-0.15, -0.1) is 0 Å². The van der Waals surface area contributed by atoms with Gasteiger partial charge >= 0.3 is 17.6 Å². The fourth-order valence-corrected chi connectivity index (χ4v) is 7.01. The van der Waals surface area contributed by atoms with Crippen LogP contribution in [0.1, 0.15) is 0 Å². The van der Waals surface area contributed by atoms with Crippen LogP contribution < -0.4 is 0 Å². The van der Waals surface area contributed by atoms with Gasteiger partial charge in [-0.2, -0.15) is 0 Å². The average Bonchev–Trinajstić information content (AvgIpc) is 1.61. The van der Waals surface area contributed by atoms with Gasteiger partial charge in [0.05, 0.1) is 0 Å². The van der Waals surface area contributed by atoms with Crippen molar-refractivity contribution in [2.24, 2.45) is 0 Å². The lowest BCUT2D eigenvalue weighted by atomic mass is 11.8. The summed E-state index contributed by atoms with van der Waals surface area (Å²) < 4.78 is 15.0. The minimum atomic E-state index is -2.67. The van der Waals surface area contributed by atoms with E-state index in [2.05, 4.69) is 0 Å². The van der Waals surface area contributed by atoms with Crippen molar-refractivity contribution in [2.45, 2.75) is 13.1 Å². The molecular formula is C3H10O4Si2. The molecular weight excluding hydrogens is 156 g/mol. The molecule has 6 heteroatoms. The molecule has 0 aliphatic carbocycles. The molecule has 0 aromatic heterocycles. The molecule has 54 valence electrons. The minimum absolute atomic E-state index is 1.52. The fourth-order valence-electron chi connectivity index (χ4n) is 0.779. The summed E-state index contributed by atoms with van der Waals surface area (Å²) in [7, 11) is -3.44. The summed E-state index contributed by atoms with van der Waals surface area (Å²) in [5.41, 5.74) is 0. The minimum Gasteiger partial charge on any atom is -0.391 e. The normalized spacial score (nSPS) is 50.7. The summed E-state index contributed by atoms with van der Waals surface area (Å²) >= 11 is 0. The maximum Gasteiger partial charge on any atom is 0.482 e. The molecule has 1 N–H and O–H groups in total. The average molecular weight is 166 g/mol. The third kappa shape index (κ3) is 1.40. The summed E-state index contributed by atoms with van der Waals surface area (Å²) in [6.45, 7) is 3.32. The van der Waals surface area contributed by atoms with Crippen LogP contribution in [0.2, 0.25) is 13.1 Å². The Morgan fingerprint density at radius 3 is 1.89 bits per heavy atom. The summed E-state index contributed by atoms with van der Waals surface area (Å²) in [5.74, 6) is 0. The van der Waals surface area contributed by atoms with E-state index in [0.29, 0.717) is 0 Å². The highest BCUT2D eigenvalue weighted by Gasteiger charge is 2.59. The molecule has 0 amide bonds. The van der Waals surface area contributed by atoms with Gasteiger partial charge in [-0.3, -0.25) is 0 Å². The lowest BCUT2D eigenvalue weighted by molar-refractivity contribution is 0.0609. The first-order valence-electron chi connectivity index (χ1n) is 2.65. The van der Waals surface area contributed by atoms with Crippen molar-refractivity contribution in [2.75, 3.05) is 7.11 Å². The maximum atomic E-state index is 9.03. The predicted octanol–water partition coefficient (Wildman–Crippen LogP) is -0.191. The van der Waals surface area contributed by atoms with Crippen LogP contribution in [-0.2, 0) is 12.7 Å². The van der Waals surface area contributed by atoms with Crippen LogP contribution in [0.5, 0.6) is 0 Å². The molecule has 0 saturated carbocycles. The third-order valence-electron chi connectivity index (χ3n) is 1.12.